The van der Waals surface area contributed by atoms with Gasteiger partial charge in [0.15, 0.2) is 11.5 Å². The van der Waals surface area contributed by atoms with Crippen molar-refractivity contribution >= 4 is 0 Å². The Kier molecular flexibility index (Phi) is 6.19. The average molecular weight is 278 g/mol. The first-order valence-electron chi connectivity index (χ1n) is 7.97. The third-order valence-corrected chi connectivity index (χ3v) is 3.95. The molecule has 112 valence electrons. The third-order valence-electron chi connectivity index (χ3n) is 3.95. The van der Waals surface area contributed by atoms with Crippen molar-refractivity contribution < 1.29 is 14.4 Å². The van der Waals surface area contributed by atoms with Gasteiger partial charge in [-0.3, -0.25) is 0 Å². The molecule has 2 atom stereocenters. The van der Waals surface area contributed by atoms with E-state index < -0.39 is 0 Å². The minimum absolute atomic E-state index is 0.677. The van der Waals surface area contributed by atoms with Crippen molar-refractivity contribution in [2.45, 2.75) is 33.1 Å². The van der Waals surface area contributed by atoms with Crippen LogP contribution in [0.15, 0.2) is 24.3 Å². The maximum Gasteiger partial charge on any atom is 0.161 e. The first-order valence-corrected chi connectivity index (χ1v) is 7.97. The summed E-state index contributed by atoms with van der Waals surface area (Å²) in [6.45, 7) is 9.71. The highest BCUT2D eigenvalue weighted by atomic mass is 16.5. The number of quaternary nitrogens is 1. The van der Waals surface area contributed by atoms with Crippen LogP contribution in [0, 0.1) is 5.92 Å². The number of hydrogen-bond donors (Lipinski definition) is 1. The number of para-hydroxylation sites is 2. The van der Waals surface area contributed by atoms with E-state index in [0.29, 0.717) is 6.61 Å². The van der Waals surface area contributed by atoms with Gasteiger partial charge in [0.25, 0.3) is 0 Å². The normalized spacial score (nSPS) is 22.5. The molecule has 0 bridgehead atoms. The maximum atomic E-state index is 5.87. The van der Waals surface area contributed by atoms with Gasteiger partial charge in [-0.2, -0.15) is 0 Å². The molecule has 1 heterocycles. The lowest BCUT2D eigenvalue weighted by atomic mass is 10.0. The van der Waals surface area contributed by atoms with Gasteiger partial charge < -0.3 is 14.4 Å². The van der Waals surface area contributed by atoms with Crippen LogP contribution in [0.1, 0.15) is 33.1 Å². The summed E-state index contributed by atoms with van der Waals surface area (Å²) < 4.78 is 11.4. The van der Waals surface area contributed by atoms with Crippen LogP contribution in [0.5, 0.6) is 11.5 Å². The van der Waals surface area contributed by atoms with Crippen LogP contribution in [-0.2, 0) is 0 Å². The van der Waals surface area contributed by atoms with Crippen LogP contribution in [0.3, 0.4) is 0 Å². The molecular formula is C17H28NO2+. The third kappa shape index (κ3) is 4.71. The van der Waals surface area contributed by atoms with Gasteiger partial charge in [-0.25, -0.2) is 0 Å². The second-order valence-electron chi connectivity index (χ2n) is 5.78. The molecule has 1 aliphatic rings. The van der Waals surface area contributed by atoms with Gasteiger partial charge in [0.2, 0.25) is 0 Å². The number of benzene rings is 1. The number of likely N-dealkylation sites (tertiary alicyclic amines) is 1. The Bertz CT molecular complexity index is 394. The van der Waals surface area contributed by atoms with Crippen molar-refractivity contribution in [2.24, 2.45) is 5.92 Å². The summed E-state index contributed by atoms with van der Waals surface area (Å²) in [6.07, 6.45) is 3.90. The molecule has 0 saturated carbocycles. The van der Waals surface area contributed by atoms with Gasteiger partial charge in [-0.05, 0) is 31.9 Å². The standard InChI is InChI=1S/C17H27NO2/c1-3-19-16-9-4-5-10-17(16)20-13-7-12-18-11-6-8-15(2)14-18/h4-5,9-10,15H,3,6-8,11-14H2,1-2H3/p+1/t15-/m1/s1. The van der Waals surface area contributed by atoms with Crippen LogP contribution in [0.25, 0.3) is 0 Å². The smallest absolute Gasteiger partial charge is 0.161 e. The highest BCUT2D eigenvalue weighted by Crippen LogP contribution is 2.26. The Balaban J connectivity index is 1.70. The van der Waals surface area contributed by atoms with Crippen molar-refractivity contribution in [2.75, 3.05) is 32.8 Å². The number of nitrogens with one attached hydrogen (secondary N) is 1. The summed E-state index contributed by atoms with van der Waals surface area (Å²) in [6, 6.07) is 7.93. The predicted octanol–water partition coefficient (Wildman–Crippen LogP) is 2.17. The Morgan fingerprint density at radius 2 is 1.95 bits per heavy atom. The molecule has 0 amide bonds. The lowest BCUT2D eigenvalue weighted by Gasteiger charge is -2.27. The topological polar surface area (TPSA) is 22.9 Å². The van der Waals surface area contributed by atoms with E-state index in [9.17, 15) is 0 Å². The maximum absolute atomic E-state index is 5.87. The van der Waals surface area contributed by atoms with Gasteiger partial charge in [0.05, 0.1) is 32.8 Å². The highest BCUT2D eigenvalue weighted by Gasteiger charge is 2.18. The van der Waals surface area contributed by atoms with Gasteiger partial charge in [0.1, 0.15) is 0 Å². The lowest BCUT2D eigenvalue weighted by molar-refractivity contribution is -0.908. The molecule has 1 saturated heterocycles. The van der Waals surface area contributed by atoms with E-state index >= 15 is 0 Å². The zero-order chi connectivity index (χ0) is 14.2. The molecule has 1 fully saturated rings. The fourth-order valence-corrected chi connectivity index (χ4v) is 2.97. The fraction of sp³-hybridized carbons (Fsp3) is 0.647. The molecule has 20 heavy (non-hydrogen) atoms. The van der Waals surface area contributed by atoms with E-state index in [1.165, 1.54) is 32.5 Å². The SMILES string of the molecule is CCOc1ccccc1OCCC[NH+]1CCC[C@@H](C)C1. The molecule has 1 aliphatic heterocycles. The Hall–Kier alpha value is -1.22. The number of hydrogen-bond acceptors (Lipinski definition) is 2. The summed E-state index contributed by atoms with van der Waals surface area (Å²) in [7, 11) is 0. The molecule has 1 aromatic carbocycles. The van der Waals surface area contributed by atoms with E-state index in [0.717, 1.165) is 30.4 Å². The summed E-state index contributed by atoms with van der Waals surface area (Å²) in [5, 5.41) is 0. The minimum Gasteiger partial charge on any atom is -0.490 e. The van der Waals surface area contributed by atoms with Crippen LogP contribution in [0.2, 0.25) is 0 Å². The predicted molar refractivity (Wildman–Crippen MR) is 81.7 cm³/mol. The quantitative estimate of drug-likeness (QED) is 0.773. The average Bonchev–Trinajstić information content (AvgIpc) is 2.46. The number of piperidine rings is 1. The van der Waals surface area contributed by atoms with Crippen LogP contribution < -0.4 is 14.4 Å². The Labute approximate surface area is 122 Å². The molecule has 3 heteroatoms. The second kappa shape index (κ2) is 8.15. The monoisotopic (exact) mass is 278 g/mol. The number of rotatable bonds is 7. The number of ether oxygens (including phenoxy) is 2. The van der Waals surface area contributed by atoms with Crippen molar-refractivity contribution in [3.05, 3.63) is 24.3 Å². The molecule has 1 aromatic rings. The van der Waals surface area contributed by atoms with Crippen molar-refractivity contribution in [1.29, 1.82) is 0 Å². The van der Waals surface area contributed by atoms with Crippen LogP contribution in [-0.4, -0.2) is 32.8 Å². The summed E-state index contributed by atoms with van der Waals surface area (Å²) >= 11 is 0. The molecule has 0 aromatic heterocycles. The van der Waals surface area contributed by atoms with E-state index in [4.69, 9.17) is 9.47 Å². The first kappa shape index (κ1) is 15.2. The molecule has 1 N–H and O–H groups in total. The second-order valence-corrected chi connectivity index (χ2v) is 5.78. The lowest BCUT2D eigenvalue weighted by Crippen LogP contribution is -3.13. The van der Waals surface area contributed by atoms with Gasteiger partial charge in [-0.15, -0.1) is 0 Å². The van der Waals surface area contributed by atoms with E-state index in [-0.39, 0.29) is 0 Å². The van der Waals surface area contributed by atoms with Gasteiger partial charge in [-0.1, -0.05) is 19.1 Å². The highest BCUT2D eigenvalue weighted by molar-refractivity contribution is 5.39. The van der Waals surface area contributed by atoms with Crippen molar-refractivity contribution in [3.8, 4) is 11.5 Å². The summed E-state index contributed by atoms with van der Waals surface area (Å²) in [4.78, 5) is 1.74. The van der Waals surface area contributed by atoms with Crippen molar-refractivity contribution in [3.63, 3.8) is 0 Å². The zero-order valence-corrected chi connectivity index (χ0v) is 12.9. The molecule has 3 nitrogen and oxygen atoms in total. The molecule has 0 spiro atoms. The fourth-order valence-electron chi connectivity index (χ4n) is 2.97. The molecule has 1 unspecified atom stereocenters. The first-order chi connectivity index (χ1) is 9.79. The van der Waals surface area contributed by atoms with Crippen molar-refractivity contribution in [1.82, 2.24) is 0 Å². The van der Waals surface area contributed by atoms with Crippen LogP contribution >= 0.6 is 0 Å². The zero-order valence-electron chi connectivity index (χ0n) is 12.9. The largest absolute Gasteiger partial charge is 0.490 e. The van der Waals surface area contributed by atoms with Crippen LogP contribution in [0.4, 0.5) is 0 Å². The minimum atomic E-state index is 0.677. The summed E-state index contributed by atoms with van der Waals surface area (Å²) in [5.74, 6) is 2.61. The summed E-state index contributed by atoms with van der Waals surface area (Å²) in [5.41, 5.74) is 0. The molecule has 0 radical (unpaired) electrons. The van der Waals surface area contributed by atoms with Gasteiger partial charge in [0, 0.05) is 12.3 Å². The Morgan fingerprint density at radius 1 is 1.20 bits per heavy atom. The van der Waals surface area contributed by atoms with Gasteiger partial charge >= 0.3 is 0 Å². The molecule has 2 rings (SSSR count). The van der Waals surface area contributed by atoms with E-state index in [1.807, 2.05) is 31.2 Å². The Morgan fingerprint density at radius 3 is 2.65 bits per heavy atom. The van der Waals surface area contributed by atoms with E-state index in [1.54, 1.807) is 4.90 Å². The molecular weight excluding hydrogens is 250 g/mol. The van der Waals surface area contributed by atoms with E-state index in [2.05, 4.69) is 6.92 Å². The molecule has 0 aliphatic carbocycles.